The number of carbonyl (C=O) groups excluding carboxylic acids is 1. The molecule has 1 amide bonds. The predicted molar refractivity (Wildman–Crippen MR) is 87.1 cm³/mol. The fourth-order valence-corrected chi connectivity index (χ4v) is 2.90. The molecule has 4 heteroatoms. The van der Waals surface area contributed by atoms with Gasteiger partial charge in [0.1, 0.15) is 0 Å². The Bertz CT molecular complexity index is 601. The molecule has 0 saturated carbocycles. The first kappa shape index (κ1) is 15.6. The molecule has 1 heterocycles. The molecule has 2 aromatic rings. The van der Waals surface area contributed by atoms with E-state index in [0.29, 0.717) is 6.42 Å². The standard InChI is InChI=1S/C17H25N3O/c1-4-13(5-2)20(3)17(21)15(18)10-12-11-19-16-9-7-6-8-14(12)16/h6-9,11,13,15,19H,4-5,10,18H2,1-3H3/t15-/m1/s1. The number of aromatic amines is 1. The van der Waals surface area contributed by atoms with Gasteiger partial charge in [-0.05, 0) is 30.9 Å². The largest absolute Gasteiger partial charge is 0.361 e. The average Bonchev–Trinajstić information content (AvgIpc) is 2.91. The Morgan fingerprint density at radius 3 is 2.62 bits per heavy atom. The third-order valence-electron chi connectivity index (χ3n) is 4.27. The van der Waals surface area contributed by atoms with E-state index in [4.69, 9.17) is 5.73 Å². The van der Waals surface area contributed by atoms with Crippen LogP contribution in [-0.2, 0) is 11.2 Å². The van der Waals surface area contributed by atoms with Gasteiger partial charge >= 0.3 is 0 Å². The Kier molecular flexibility index (Phi) is 5.02. The van der Waals surface area contributed by atoms with Crippen molar-refractivity contribution in [2.75, 3.05) is 7.05 Å². The molecule has 0 bridgehead atoms. The number of fused-ring (bicyclic) bond motifs is 1. The highest BCUT2D eigenvalue weighted by Crippen LogP contribution is 2.19. The molecule has 2 rings (SSSR count). The first-order valence-corrected chi connectivity index (χ1v) is 7.65. The summed E-state index contributed by atoms with van der Waals surface area (Å²) in [5, 5.41) is 1.14. The fraction of sp³-hybridized carbons (Fsp3) is 0.471. The number of hydrogen-bond acceptors (Lipinski definition) is 2. The van der Waals surface area contributed by atoms with E-state index in [1.54, 1.807) is 4.90 Å². The van der Waals surface area contributed by atoms with Crippen molar-refractivity contribution >= 4 is 16.8 Å². The molecule has 1 atom stereocenters. The number of H-pyrrole nitrogens is 1. The number of nitrogens with one attached hydrogen (secondary N) is 1. The van der Waals surface area contributed by atoms with Crippen molar-refractivity contribution in [1.82, 2.24) is 9.88 Å². The summed E-state index contributed by atoms with van der Waals surface area (Å²) >= 11 is 0. The monoisotopic (exact) mass is 287 g/mol. The topological polar surface area (TPSA) is 62.1 Å². The quantitative estimate of drug-likeness (QED) is 0.858. The maximum atomic E-state index is 12.5. The van der Waals surface area contributed by atoms with E-state index in [0.717, 1.165) is 29.3 Å². The van der Waals surface area contributed by atoms with Crippen molar-refractivity contribution in [2.45, 2.75) is 45.2 Å². The van der Waals surface area contributed by atoms with Gasteiger partial charge < -0.3 is 15.6 Å². The summed E-state index contributed by atoms with van der Waals surface area (Å²) < 4.78 is 0. The molecule has 1 aromatic heterocycles. The lowest BCUT2D eigenvalue weighted by molar-refractivity contribution is -0.133. The number of nitrogens with two attached hydrogens (primary N) is 1. The van der Waals surface area contributed by atoms with Crippen LogP contribution in [0.15, 0.2) is 30.5 Å². The Morgan fingerprint density at radius 2 is 1.95 bits per heavy atom. The molecule has 0 fully saturated rings. The maximum absolute atomic E-state index is 12.5. The Labute approximate surface area is 126 Å². The zero-order chi connectivity index (χ0) is 15.4. The van der Waals surface area contributed by atoms with E-state index in [1.165, 1.54) is 0 Å². The zero-order valence-corrected chi connectivity index (χ0v) is 13.1. The SMILES string of the molecule is CCC(CC)N(C)C(=O)[C@H](N)Cc1c[nH]c2ccccc12. The number of benzene rings is 1. The number of carbonyl (C=O) groups is 1. The fourth-order valence-electron chi connectivity index (χ4n) is 2.90. The number of rotatable bonds is 6. The number of para-hydroxylation sites is 1. The van der Waals surface area contributed by atoms with E-state index >= 15 is 0 Å². The highest BCUT2D eigenvalue weighted by Gasteiger charge is 2.23. The third kappa shape index (κ3) is 3.27. The predicted octanol–water partition coefficient (Wildman–Crippen LogP) is 2.68. The second kappa shape index (κ2) is 6.76. The highest BCUT2D eigenvalue weighted by atomic mass is 16.2. The molecule has 0 spiro atoms. The maximum Gasteiger partial charge on any atom is 0.239 e. The van der Waals surface area contributed by atoms with Crippen LogP contribution >= 0.6 is 0 Å². The van der Waals surface area contributed by atoms with Gasteiger partial charge in [0.15, 0.2) is 0 Å². The highest BCUT2D eigenvalue weighted by molar-refractivity contribution is 5.86. The molecule has 114 valence electrons. The summed E-state index contributed by atoms with van der Waals surface area (Å²) in [6, 6.07) is 7.87. The van der Waals surface area contributed by atoms with Crippen LogP contribution in [0.4, 0.5) is 0 Å². The van der Waals surface area contributed by atoms with Gasteiger partial charge in [-0.3, -0.25) is 4.79 Å². The second-order valence-corrected chi connectivity index (χ2v) is 5.59. The summed E-state index contributed by atoms with van der Waals surface area (Å²) in [7, 11) is 1.86. The first-order chi connectivity index (χ1) is 10.1. The van der Waals surface area contributed by atoms with Gasteiger partial charge in [0, 0.05) is 30.2 Å². The molecular weight excluding hydrogens is 262 g/mol. The van der Waals surface area contributed by atoms with Gasteiger partial charge in [0.2, 0.25) is 5.91 Å². The van der Waals surface area contributed by atoms with Crippen molar-refractivity contribution in [3.05, 3.63) is 36.0 Å². The molecule has 3 N–H and O–H groups in total. The molecule has 0 aliphatic carbocycles. The molecule has 0 saturated heterocycles. The van der Waals surface area contributed by atoms with Crippen molar-refractivity contribution in [3.8, 4) is 0 Å². The lowest BCUT2D eigenvalue weighted by Gasteiger charge is -2.28. The molecule has 0 radical (unpaired) electrons. The first-order valence-electron chi connectivity index (χ1n) is 7.65. The van der Waals surface area contributed by atoms with Gasteiger partial charge in [0.25, 0.3) is 0 Å². The minimum Gasteiger partial charge on any atom is -0.361 e. The van der Waals surface area contributed by atoms with Crippen molar-refractivity contribution in [1.29, 1.82) is 0 Å². The van der Waals surface area contributed by atoms with Crippen LogP contribution < -0.4 is 5.73 Å². The summed E-state index contributed by atoms with van der Waals surface area (Å²) in [6.07, 6.45) is 4.43. The van der Waals surface area contributed by atoms with Gasteiger partial charge in [-0.1, -0.05) is 32.0 Å². The molecule has 0 aliphatic rings. The van der Waals surface area contributed by atoms with E-state index in [2.05, 4.69) is 24.9 Å². The number of nitrogens with zero attached hydrogens (tertiary/aromatic N) is 1. The van der Waals surface area contributed by atoms with E-state index < -0.39 is 6.04 Å². The Hall–Kier alpha value is -1.81. The van der Waals surface area contributed by atoms with Crippen molar-refractivity contribution in [2.24, 2.45) is 5.73 Å². The summed E-state index contributed by atoms with van der Waals surface area (Å²) in [5.74, 6) is 0.0222. The number of likely N-dealkylation sites (N-methyl/N-ethyl adjacent to an activating group) is 1. The van der Waals surface area contributed by atoms with E-state index in [9.17, 15) is 4.79 Å². The van der Waals surface area contributed by atoms with E-state index in [-0.39, 0.29) is 11.9 Å². The van der Waals surface area contributed by atoms with Crippen LogP contribution in [0.25, 0.3) is 10.9 Å². The van der Waals surface area contributed by atoms with Crippen LogP contribution in [0, 0.1) is 0 Å². The van der Waals surface area contributed by atoms with E-state index in [1.807, 2.05) is 31.4 Å². The van der Waals surface area contributed by atoms with Gasteiger partial charge in [-0.25, -0.2) is 0 Å². The third-order valence-corrected chi connectivity index (χ3v) is 4.27. The normalized spacial score (nSPS) is 12.8. The summed E-state index contributed by atoms with van der Waals surface area (Å²) in [4.78, 5) is 17.5. The number of amides is 1. The van der Waals surface area contributed by atoms with Crippen LogP contribution in [0.5, 0.6) is 0 Å². The lowest BCUT2D eigenvalue weighted by Crippen LogP contribution is -2.47. The summed E-state index contributed by atoms with van der Waals surface area (Å²) in [6.45, 7) is 4.20. The van der Waals surface area contributed by atoms with Crippen LogP contribution in [0.2, 0.25) is 0 Å². The molecular formula is C17H25N3O. The minimum absolute atomic E-state index is 0.0222. The van der Waals surface area contributed by atoms with Crippen molar-refractivity contribution in [3.63, 3.8) is 0 Å². The molecule has 4 nitrogen and oxygen atoms in total. The number of hydrogen-bond donors (Lipinski definition) is 2. The molecule has 21 heavy (non-hydrogen) atoms. The minimum atomic E-state index is -0.491. The average molecular weight is 287 g/mol. The van der Waals surface area contributed by atoms with Crippen LogP contribution in [-0.4, -0.2) is 34.9 Å². The smallest absolute Gasteiger partial charge is 0.239 e. The molecule has 0 unspecified atom stereocenters. The Balaban J connectivity index is 2.10. The Morgan fingerprint density at radius 1 is 1.29 bits per heavy atom. The molecule has 0 aliphatic heterocycles. The lowest BCUT2D eigenvalue weighted by atomic mass is 10.0. The van der Waals surface area contributed by atoms with Gasteiger partial charge in [-0.15, -0.1) is 0 Å². The van der Waals surface area contributed by atoms with Crippen molar-refractivity contribution < 1.29 is 4.79 Å². The van der Waals surface area contributed by atoms with Crippen LogP contribution in [0.3, 0.4) is 0 Å². The second-order valence-electron chi connectivity index (χ2n) is 5.59. The zero-order valence-electron chi connectivity index (χ0n) is 13.1. The van der Waals surface area contributed by atoms with Gasteiger partial charge in [0.05, 0.1) is 6.04 Å². The summed E-state index contributed by atoms with van der Waals surface area (Å²) in [5.41, 5.74) is 8.33. The molecule has 1 aromatic carbocycles. The van der Waals surface area contributed by atoms with Gasteiger partial charge in [-0.2, -0.15) is 0 Å². The number of aromatic nitrogens is 1. The van der Waals surface area contributed by atoms with Crippen LogP contribution in [0.1, 0.15) is 32.3 Å².